The van der Waals surface area contributed by atoms with Gasteiger partial charge in [-0.15, -0.1) is 5.10 Å². The molecule has 3 rings (SSSR count). The van der Waals surface area contributed by atoms with Gasteiger partial charge in [-0.1, -0.05) is 62.4 Å². The summed E-state index contributed by atoms with van der Waals surface area (Å²) >= 11 is 0. The van der Waals surface area contributed by atoms with Gasteiger partial charge in [0.2, 0.25) is 0 Å². The van der Waals surface area contributed by atoms with Crippen molar-refractivity contribution in [3.8, 4) is 6.07 Å². The van der Waals surface area contributed by atoms with Gasteiger partial charge in [0.15, 0.2) is 0 Å². The number of amides is 1. The van der Waals surface area contributed by atoms with E-state index >= 15 is 0 Å². The third kappa shape index (κ3) is 4.84. The molecule has 0 unspecified atom stereocenters. The van der Waals surface area contributed by atoms with Crippen LogP contribution >= 0.6 is 0 Å². The Balaban J connectivity index is 1.89. The molecule has 2 aromatic rings. The van der Waals surface area contributed by atoms with E-state index in [9.17, 15) is 10.1 Å². The minimum absolute atomic E-state index is 0.101. The SMILES string of the molecule is CCCC[C@@H](C#N)n1cc([C@](C)(NC(=O)c2ccccc2)C2CCCCC2)nn1. The van der Waals surface area contributed by atoms with Gasteiger partial charge in [-0.25, -0.2) is 4.68 Å². The molecule has 0 radical (unpaired) electrons. The Morgan fingerprint density at radius 2 is 2.03 bits per heavy atom. The van der Waals surface area contributed by atoms with Crippen LogP contribution < -0.4 is 5.32 Å². The minimum atomic E-state index is -0.615. The van der Waals surface area contributed by atoms with Crippen LogP contribution in [-0.4, -0.2) is 20.9 Å². The van der Waals surface area contributed by atoms with Gasteiger partial charge >= 0.3 is 0 Å². The zero-order chi connectivity index (χ0) is 20.7. The molecule has 0 saturated heterocycles. The van der Waals surface area contributed by atoms with Crippen molar-refractivity contribution in [3.05, 3.63) is 47.8 Å². The lowest BCUT2D eigenvalue weighted by atomic mass is 9.74. The third-order valence-corrected chi connectivity index (χ3v) is 6.17. The Labute approximate surface area is 173 Å². The van der Waals surface area contributed by atoms with E-state index in [1.807, 2.05) is 36.5 Å². The molecule has 0 spiro atoms. The van der Waals surface area contributed by atoms with Gasteiger partial charge in [0.25, 0.3) is 5.91 Å². The van der Waals surface area contributed by atoms with Crippen molar-refractivity contribution >= 4 is 5.91 Å². The Bertz CT molecular complexity index is 834. The van der Waals surface area contributed by atoms with E-state index in [4.69, 9.17) is 0 Å². The van der Waals surface area contributed by atoms with E-state index in [0.29, 0.717) is 11.5 Å². The van der Waals surface area contributed by atoms with Crippen molar-refractivity contribution < 1.29 is 4.79 Å². The number of rotatable bonds is 8. The molecule has 1 aliphatic carbocycles. The van der Waals surface area contributed by atoms with Crippen LogP contribution in [0.2, 0.25) is 0 Å². The normalized spacial score (nSPS) is 17.8. The number of aromatic nitrogens is 3. The van der Waals surface area contributed by atoms with Gasteiger partial charge in [0.05, 0.1) is 17.8 Å². The number of nitrogens with one attached hydrogen (secondary N) is 1. The summed E-state index contributed by atoms with van der Waals surface area (Å²) in [6.45, 7) is 4.17. The molecule has 1 aliphatic rings. The zero-order valence-electron chi connectivity index (χ0n) is 17.5. The number of benzene rings is 1. The van der Waals surface area contributed by atoms with E-state index < -0.39 is 5.54 Å². The molecule has 1 aromatic carbocycles. The van der Waals surface area contributed by atoms with Gasteiger partial charge in [-0.05, 0) is 44.2 Å². The Hall–Kier alpha value is -2.68. The Kier molecular flexibility index (Phi) is 7.03. The fourth-order valence-corrected chi connectivity index (χ4v) is 4.27. The number of hydrogen-bond donors (Lipinski definition) is 1. The van der Waals surface area contributed by atoms with Crippen molar-refractivity contribution in [3.63, 3.8) is 0 Å². The Morgan fingerprint density at radius 3 is 2.69 bits per heavy atom. The highest BCUT2D eigenvalue weighted by molar-refractivity contribution is 5.94. The van der Waals surface area contributed by atoms with Crippen LogP contribution in [0.5, 0.6) is 0 Å². The van der Waals surface area contributed by atoms with Crippen LogP contribution in [0.25, 0.3) is 0 Å². The summed E-state index contributed by atoms with van der Waals surface area (Å²) in [5.41, 5.74) is 0.765. The first kappa shape index (κ1) is 21.0. The van der Waals surface area contributed by atoms with Crippen LogP contribution in [0, 0.1) is 17.2 Å². The highest BCUT2D eigenvalue weighted by atomic mass is 16.1. The highest BCUT2D eigenvalue weighted by Crippen LogP contribution is 2.39. The van der Waals surface area contributed by atoms with E-state index in [1.54, 1.807) is 4.68 Å². The van der Waals surface area contributed by atoms with Crippen molar-refractivity contribution in [1.29, 1.82) is 5.26 Å². The minimum Gasteiger partial charge on any atom is -0.341 e. The Morgan fingerprint density at radius 1 is 1.31 bits per heavy atom. The standard InChI is InChI=1S/C23H31N5O/c1-3-4-15-20(16-24)28-17-21(26-27-28)23(2,19-13-9-6-10-14-19)25-22(29)18-11-7-5-8-12-18/h5,7-8,11-12,17,19-20H,3-4,6,9-10,13-15H2,1-2H3,(H,25,29)/t20-,23+/m0/s1. The van der Waals surface area contributed by atoms with Gasteiger partial charge in [0, 0.05) is 5.56 Å². The summed E-state index contributed by atoms with van der Waals surface area (Å²) in [6, 6.07) is 11.3. The molecule has 1 aromatic heterocycles. The number of nitrogens with zero attached hydrogens (tertiary/aromatic N) is 4. The maximum atomic E-state index is 13.0. The third-order valence-electron chi connectivity index (χ3n) is 6.17. The predicted molar refractivity (Wildman–Crippen MR) is 112 cm³/mol. The number of hydrogen-bond acceptors (Lipinski definition) is 4. The van der Waals surface area contributed by atoms with Crippen LogP contribution in [0.15, 0.2) is 36.5 Å². The second-order valence-corrected chi connectivity index (χ2v) is 8.23. The topological polar surface area (TPSA) is 83.6 Å². The molecule has 1 N–H and O–H groups in total. The summed E-state index contributed by atoms with van der Waals surface area (Å²) in [7, 11) is 0. The maximum Gasteiger partial charge on any atom is 0.252 e. The molecule has 0 bridgehead atoms. The number of carbonyl (C=O) groups excluding carboxylic acids is 1. The van der Waals surface area contributed by atoms with E-state index in [-0.39, 0.29) is 11.9 Å². The van der Waals surface area contributed by atoms with Gasteiger partial charge < -0.3 is 5.32 Å². The average molecular weight is 394 g/mol. The average Bonchev–Trinajstić information content (AvgIpc) is 3.26. The van der Waals surface area contributed by atoms with Crippen molar-refractivity contribution in [2.24, 2.45) is 5.92 Å². The molecule has 2 atom stereocenters. The van der Waals surface area contributed by atoms with E-state index in [0.717, 1.165) is 50.6 Å². The second-order valence-electron chi connectivity index (χ2n) is 8.23. The molecular weight excluding hydrogens is 362 g/mol. The number of carbonyl (C=O) groups is 1. The summed E-state index contributed by atoms with van der Waals surface area (Å²) in [5.74, 6) is 0.196. The maximum absolute atomic E-state index is 13.0. The number of unbranched alkanes of at least 4 members (excludes halogenated alkanes) is 1. The molecule has 1 amide bonds. The summed E-state index contributed by atoms with van der Waals surface area (Å²) in [6.07, 6.45) is 10.3. The molecular formula is C23H31N5O. The molecule has 154 valence electrons. The lowest BCUT2D eigenvalue weighted by Gasteiger charge is -2.39. The lowest BCUT2D eigenvalue weighted by molar-refractivity contribution is 0.0829. The second kappa shape index (κ2) is 9.69. The van der Waals surface area contributed by atoms with Crippen LogP contribution in [0.3, 0.4) is 0 Å². The molecule has 29 heavy (non-hydrogen) atoms. The predicted octanol–water partition coefficient (Wildman–Crippen LogP) is 4.76. The van der Waals surface area contributed by atoms with Crippen molar-refractivity contribution in [2.75, 3.05) is 0 Å². The summed E-state index contributed by atoms with van der Waals surface area (Å²) in [5, 5.41) is 21.5. The van der Waals surface area contributed by atoms with Crippen molar-refractivity contribution in [2.45, 2.75) is 76.8 Å². The van der Waals surface area contributed by atoms with E-state index in [1.165, 1.54) is 6.42 Å². The quantitative estimate of drug-likeness (QED) is 0.701. The molecule has 1 saturated carbocycles. The van der Waals surface area contributed by atoms with Gasteiger partial charge in [0.1, 0.15) is 11.7 Å². The first-order chi connectivity index (χ1) is 14.1. The lowest BCUT2D eigenvalue weighted by Crippen LogP contribution is -2.50. The van der Waals surface area contributed by atoms with Gasteiger partial charge in [-0.3, -0.25) is 4.79 Å². The fraction of sp³-hybridized carbons (Fsp3) is 0.565. The molecule has 6 heteroatoms. The monoisotopic (exact) mass is 393 g/mol. The summed E-state index contributed by atoms with van der Waals surface area (Å²) in [4.78, 5) is 13.0. The van der Waals surface area contributed by atoms with Crippen LogP contribution in [-0.2, 0) is 5.54 Å². The molecule has 1 heterocycles. The largest absolute Gasteiger partial charge is 0.341 e. The van der Waals surface area contributed by atoms with Crippen molar-refractivity contribution in [1.82, 2.24) is 20.3 Å². The van der Waals surface area contributed by atoms with Gasteiger partial charge in [-0.2, -0.15) is 5.26 Å². The van der Waals surface area contributed by atoms with Crippen LogP contribution in [0.1, 0.15) is 87.3 Å². The highest BCUT2D eigenvalue weighted by Gasteiger charge is 2.40. The zero-order valence-corrected chi connectivity index (χ0v) is 17.5. The molecule has 6 nitrogen and oxygen atoms in total. The molecule has 0 aliphatic heterocycles. The molecule has 1 fully saturated rings. The smallest absolute Gasteiger partial charge is 0.252 e. The van der Waals surface area contributed by atoms with E-state index in [2.05, 4.69) is 35.5 Å². The first-order valence-corrected chi connectivity index (χ1v) is 10.8. The van der Waals surface area contributed by atoms with Crippen LogP contribution in [0.4, 0.5) is 0 Å². The first-order valence-electron chi connectivity index (χ1n) is 10.8. The number of nitriles is 1. The summed E-state index contributed by atoms with van der Waals surface area (Å²) < 4.78 is 1.67. The fourth-order valence-electron chi connectivity index (χ4n) is 4.27.